The van der Waals surface area contributed by atoms with Crippen molar-refractivity contribution < 1.29 is 13.2 Å². The van der Waals surface area contributed by atoms with Crippen LogP contribution in [0.15, 0.2) is 41.8 Å². The van der Waals surface area contributed by atoms with Gasteiger partial charge in [0.05, 0.1) is 18.6 Å². The Morgan fingerprint density at radius 2 is 2.05 bits per heavy atom. The normalized spacial score (nSPS) is 11.3. The predicted octanol–water partition coefficient (Wildman–Crippen LogP) is 0.808. The molecular weight excluding hydrogens is 266 g/mol. The van der Waals surface area contributed by atoms with E-state index in [1.165, 1.54) is 25.3 Å². The summed E-state index contributed by atoms with van der Waals surface area (Å²) < 4.78 is 30.7. The summed E-state index contributed by atoms with van der Waals surface area (Å²) in [5.74, 6) is 0.347. The van der Waals surface area contributed by atoms with Gasteiger partial charge in [0.25, 0.3) is 0 Å². The lowest BCUT2D eigenvalue weighted by Crippen LogP contribution is -2.38. The van der Waals surface area contributed by atoms with Gasteiger partial charge in [-0.2, -0.15) is 4.31 Å². The number of rotatable bonds is 7. The summed E-state index contributed by atoms with van der Waals surface area (Å²) >= 11 is 0. The lowest BCUT2D eigenvalue weighted by molar-refractivity contribution is 0.414. The van der Waals surface area contributed by atoms with Crippen molar-refractivity contribution in [3.05, 3.63) is 36.9 Å². The molecule has 0 spiro atoms. The van der Waals surface area contributed by atoms with Gasteiger partial charge < -0.3 is 10.5 Å². The summed E-state index contributed by atoms with van der Waals surface area (Å²) in [5.41, 5.74) is 5.27. The minimum absolute atomic E-state index is 0.0912. The highest BCUT2D eigenvalue weighted by atomic mass is 32.2. The summed E-state index contributed by atoms with van der Waals surface area (Å²) in [4.78, 5) is 0.122. The number of benzene rings is 1. The molecule has 0 amide bonds. The van der Waals surface area contributed by atoms with Crippen LogP contribution in [0.25, 0.3) is 0 Å². The molecule has 0 aliphatic carbocycles. The molecule has 1 aromatic rings. The van der Waals surface area contributed by atoms with Gasteiger partial charge in [0.1, 0.15) is 11.6 Å². The second-order valence-corrected chi connectivity index (χ2v) is 5.72. The number of amidine groups is 1. The summed E-state index contributed by atoms with van der Waals surface area (Å²) in [6.07, 6.45) is 1.45. The van der Waals surface area contributed by atoms with E-state index in [0.717, 1.165) is 4.31 Å². The Morgan fingerprint density at radius 3 is 2.47 bits per heavy atom. The minimum Gasteiger partial charge on any atom is -0.497 e. The maximum absolute atomic E-state index is 12.3. The fraction of sp³-hybridized carbons (Fsp3) is 0.250. The summed E-state index contributed by atoms with van der Waals surface area (Å²) in [6, 6.07) is 6.02. The van der Waals surface area contributed by atoms with Crippen LogP contribution in [0, 0.1) is 5.41 Å². The van der Waals surface area contributed by atoms with Gasteiger partial charge in [-0.25, -0.2) is 8.42 Å². The van der Waals surface area contributed by atoms with E-state index < -0.39 is 10.0 Å². The average molecular weight is 283 g/mol. The molecule has 0 aliphatic rings. The number of nitrogens with zero attached hydrogens (tertiary/aromatic N) is 1. The Balaban J connectivity index is 3.10. The highest BCUT2D eigenvalue weighted by Crippen LogP contribution is 2.19. The molecule has 19 heavy (non-hydrogen) atoms. The average Bonchev–Trinajstić information content (AvgIpc) is 2.38. The first-order valence-electron chi connectivity index (χ1n) is 5.49. The van der Waals surface area contributed by atoms with Crippen LogP contribution >= 0.6 is 0 Å². The van der Waals surface area contributed by atoms with Gasteiger partial charge in [0, 0.05) is 6.54 Å². The van der Waals surface area contributed by atoms with Gasteiger partial charge in [-0.1, -0.05) is 6.08 Å². The molecule has 0 heterocycles. The molecule has 104 valence electrons. The largest absolute Gasteiger partial charge is 0.497 e. The van der Waals surface area contributed by atoms with Crippen LogP contribution in [0.2, 0.25) is 0 Å². The van der Waals surface area contributed by atoms with Crippen LogP contribution < -0.4 is 10.5 Å². The lowest BCUT2D eigenvalue weighted by atomic mass is 10.3. The van der Waals surface area contributed by atoms with Crippen molar-refractivity contribution in [1.29, 1.82) is 5.41 Å². The third kappa shape index (κ3) is 3.80. The standard InChI is InChI=1S/C12H17N3O3S/c1-3-8-15(9-12(13)14)19(16,17)11-6-4-10(18-2)5-7-11/h3-7H,1,8-9H2,2H3,(H3,13,14). The quantitative estimate of drug-likeness (QED) is 0.439. The number of ether oxygens (including phenoxy) is 1. The van der Waals surface area contributed by atoms with Crippen LogP contribution in [0.3, 0.4) is 0 Å². The first-order valence-corrected chi connectivity index (χ1v) is 6.94. The molecule has 0 aliphatic heterocycles. The summed E-state index contributed by atoms with van der Waals surface area (Å²) in [7, 11) is -2.19. The predicted molar refractivity (Wildman–Crippen MR) is 73.9 cm³/mol. The Morgan fingerprint density at radius 1 is 1.47 bits per heavy atom. The zero-order valence-corrected chi connectivity index (χ0v) is 11.5. The summed E-state index contributed by atoms with van der Waals surface area (Å²) in [5, 5.41) is 7.23. The Bertz CT molecular complexity index is 552. The smallest absolute Gasteiger partial charge is 0.243 e. The van der Waals surface area contributed by atoms with Crippen LogP contribution in [0.1, 0.15) is 0 Å². The molecule has 0 aromatic heterocycles. The second kappa shape index (κ2) is 6.35. The number of nitrogens with two attached hydrogens (primary N) is 1. The Hall–Kier alpha value is -1.86. The van der Waals surface area contributed by atoms with E-state index in [0.29, 0.717) is 5.75 Å². The minimum atomic E-state index is -3.70. The SMILES string of the molecule is C=CCN(CC(=N)N)S(=O)(=O)c1ccc(OC)cc1. The Labute approximate surface area is 113 Å². The molecular formula is C12H17N3O3S. The van der Waals surface area contributed by atoms with Gasteiger partial charge in [-0.05, 0) is 24.3 Å². The third-order valence-electron chi connectivity index (χ3n) is 2.38. The van der Waals surface area contributed by atoms with Gasteiger partial charge in [-0.3, -0.25) is 5.41 Å². The van der Waals surface area contributed by atoms with E-state index in [1.807, 2.05) is 0 Å². The second-order valence-electron chi connectivity index (χ2n) is 3.79. The molecule has 0 radical (unpaired) electrons. The van der Waals surface area contributed by atoms with Crippen molar-refractivity contribution in [2.45, 2.75) is 4.90 Å². The van der Waals surface area contributed by atoms with Crippen LogP contribution in [-0.2, 0) is 10.0 Å². The van der Waals surface area contributed by atoms with E-state index in [-0.39, 0.29) is 23.8 Å². The van der Waals surface area contributed by atoms with Crippen molar-refractivity contribution >= 4 is 15.9 Å². The molecule has 0 unspecified atom stereocenters. The first kappa shape index (κ1) is 15.2. The molecule has 0 saturated heterocycles. The number of methoxy groups -OCH3 is 1. The van der Waals surface area contributed by atoms with Crippen molar-refractivity contribution in [3.63, 3.8) is 0 Å². The van der Waals surface area contributed by atoms with Crippen molar-refractivity contribution in [2.75, 3.05) is 20.2 Å². The lowest BCUT2D eigenvalue weighted by Gasteiger charge is -2.20. The van der Waals surface area contributed by atoms with Crippen LogP contribution in [0.4, 0.5) is 0 Å². The zero-order chi connectivity index (χ0) is 14.5. The highest BCUT2D eigenvalue weighted by molar-refractivity contribution is 7.89. The van der Waals surface area contributed by atoms with E-state index in [1.54, 1.807) is 12.1 Å². The Kier molecular flexibility index (Phi) is 5.08. The third-order valence-corrected chi connectivity index (χ3v) is 4.20. The van der Waals surface area contributed by atoms with Gasteiger partial charge in [-0.15, -0.1) is 6.58 Å². The van der Waals surface area contributed by atoms with E-state index in [2.05, 4.69) is 6.58 Å². The molecule has 0 fully saturated rings. The summed E-state index contributed by atoms with van der Waals surface area (Å²) in [6.45, 7) is 3.43. The maximum Gasteiger partial charge on any atom is 0.243 e. The molecule has 7 heteroatoms. The molecule has 0 bridgehead atoms. The molecule has 1 rings (SSSR count). The van der Waals surface area contributed by atoms with Crippen LogP contribution in [-0.4, -0.2) is 38.8 Å². The van der Waals surface area contributed by atoms with Gasteiger partial charge in [0.2, 0.25) is 10.0 Å². The monoisotopic (exact) mass is 283 g/mol. The number of hydrogen-bond donors (Lipinski definition) is 2. The van der Waals surface area contributed by atoms with Gasteiger partial charge >= 0.3 is 0 Å². The van der Waals surface area contributed by atoms with Crippen molar-refractivity contribution in [1.82, 2.24) is 4.31 Å². The number of sulfonamides is 1. The van der Waals surface area contributed by atoms with E-state index in [4.69, 9.17) is 15.9 Å². The molecule has 0 atom stereocenters. The fourth-order valence-corrected chi connectivity index (χ4v) is 2.87. The molecule has 6 nitrogen and oxygen atoms in total. The van der Waals surface area contributed by atoms with E-state index in [9.17, 15) is 8.42 Å². The van der Waals surface area contributed by atoms with E-state index >= 15 is 0 Å². The maximum atomic E-state index is 12.3. The topological polar surface area (TPSA) is 96.5 Å². The van der Waals surface area contributed by atoms with Crippen molar-refractivity contribution in [3.8, 4) is 5.75 Å². The molecule has 3 N–H and O–H groups in total. The van der Waals surface area contributed by atoms with Crippen LogP contribution in [0.5, 0.6) is 5.75 Å². The fourth-order valence-electron chi connectivity index (χ4n) is 1.48. The van der Waals surface area contributed by atoms with Crippen molar-refractivity contribution in [2.24, 2.45) is 5.73 Å². The highest BCUT2D eigenvalue weighted by Gasteiger charge is 2.23. The zero-order valence-electron chi connectivity index (χ0n) is 10.7. The molecule has 0 saturated carbocycles. The first-order chi connectivity index (χ1) is 8.91. The van der Waals surface area contributed by atoms with Gasteiger partial charge in [0.15, 0.2) is 0 Å². The number of hydrogen-bond acceptors (Lipinski definition) is 4. The number of nitrogens with one attached hydrogen (secondary N) is 1. The molecule has 1 aromatic carbocycles.